The number of carbonyl (C=O) groups is 1. The van der Waals surface area contributed by atoms with Gasteiger partial charge in [-0.2, -0.15) is 0 Å². The van der Waals surface area contributed by atoms with Crippen LogP contribution in [0.4, 0.5) is 5.82 Å². The molecule has 2 atom stereocenters. The maximum absolute atomic E-state index is 12.7. The van der Waals surface area contributed by atoms with E-state index in [-0.39, 0.29) is 17.4 Å². The predicted molar refractivity (Wildman–Crippen MR) is 103 cm³/mol. The molecule has 2 unspecified atom stereocenters. The van der Waals surface area contributed by atoms with Crippen molar-refractivity contribution in [2.24, 2.45) is 5.41 Å². The lowest BCUT2D eigenvalue weighted by Gasteiger charge is -2.38. The summed E-state index contributed by atoms with van der Waals surface area (Å²) >= 11 is 0. The fourth-order valence-corrected chi connectivity index (χ4v) is 3.82. The lowest BCUT2D eigenvalue weighted by atomic mass is 9.73. The molecule has 2 saturated carbocycles. The SMILES string of the molecule is CC1(CNc2cc(C(=O)NC3CC3)c3ccccc3n2)CCCCC1O. The first-order valence-electron chi connectivity index (χ1n) is 9.68. The smallest absolute Gasteiger partial charge is 0.252 e. The third-order valence-electron chi connectivity index (χ3n) is 5.83. The van der Waals surface area contributed by atoms with Crippen molar-refractivity contribution >= 4 is 22.6 Å². The molecule has 2 aromatic rings. The number of rotatable bonds is 5. The topological polar surface area (TPSA) is 74.2 Å². The van der Waals surface area contributed by atoms with Crippen molar-refractivity contribution in [3.63, 3.8) is 0 Å². The Kier molecular flexibility index (Phi) is 4.57. The summed E-state index contributed by atoms with van der Waals surface area (Å²) in [4.78, 5) is 17.4. The van der Waals surface area contributed by atoms with E-state index < -0.39 is 0 Å². The Morgan fingerprint density at radius 3 is 2.85 bits per heavy atom. The van der Waals surface area contributed by atoms with Crippen molar-refractivity contribution in [2.75, 3.05) is 11.9 Å². The highest BCUT2D eigenvalue weighted by atomic mass is 16.3. The van der Waals surface area contributed by atoms with Crippen molar-refractivity contribution in [3.8, 4) is 0 Å². The van der Waals surface area contributed by atoms with Crippen LogP contribution in [0.2, 0.25) is 0 Å². The molecule has 1 amide bonds. The van der Waals surface area contributed by atoms with Crippen LogP contribution in [0.1, 0.15) is 55.8 Å². The Hall–Kier alpha value is -2.14. The van der Waals surface area contributed by atoms with Crippen LogP contribution in [-0.4, -0.2) is 34.7 Å². The van der Waals surface area contributed by atoms with Crippen LogP contribution in [0.25, 0.3) is 10.9 Å². The second-order valence-electron chi connectivity index (χ2n) is 8.09. The van der Waals surface area contributed by atoms with Gasteiger partial charge in [-0.1, -0.05) is 38.0 Å². The van der Waals surface area contributed by atoms with E-state index in [2.05, 4.69) is 22.5 Å². The second-order valence-corrected chi connectivity index (χ2v) is 8.09. The molecular weight excluding hydrogens is 326 g/mol. The Bertz CT molecular complexity index is 818. The van der Waals surface area contributed by atoms with Crippen LogP contribution < -0.4 is 10.6 Å². The van der Waals surface area contributed by atoms with E-state index in [1.54, 1.807) is 0 Å². The van der Waals surface area contributed by atoms with Gasteiger partial charge in [0.25, 0.3) is 5.91 Å². The van der Waals surface area contributed by atoms with Gasteiger partial charge in [0.05, 0.1) is 17.2 Å². The number of aliphatic hydroxyl groups excluding tert-OH is 1. The minimum absolute atomic E-state index is 0.0296. The van der Waals surface area contributed by atoms with Crippen molar-refractivity contribution < 1.29 is 9.90 Å². The number of para-hydroxylation sites is 1. The van der Waals surface area contributed by atoms with Gasteiger partial charge in [-0.25, -0.2) is 4.98 Å². The largest absolute Gasteiger partial charge is 0.392 e. The lowest BCUT2D eigenvalue weighted by Crippen LogP contribution is -2.41. The van der Waals surface area contributed by atoms with Crippen LogP contribution in [0.3, 0.4) is 0 Å². The zero-order valence-corrected chi connectivity index (χ0v) is 15.3. The molecule has 1 aromatic heterocycles. The molecule has 2 aliphatic rings. The van der Waals surface area contributed by atoms with Crippen molar-refractivity contribution in [2.45, 2.75) is 57.6 Å². The van der Waals surface area contributed by atoms with E-state index in [0.717, 1.165) is 49.4 Å². The number of aliphatic hydroxyl groups is 1. The fourth-order valence-electron chi connectivity index (χ4n) is 3.82. The van der Waals surface area contributed by atoms with Gasteiger partial charge in [-0.3, -0.25) is 4.79 Å². The van der Waals surface area contributed by atoms with Crippen LogP contribution in [0, 0.1) is 5.41 Å². The summed E-state index contributed by atoms with van der Waals surface area (Å²) in [5.41, 5.74) is 1.33. The van der Waals surface area contributed by atoms with E-state index >= 15 is 0 Å². The highest BCUT2D eigenvalue weighted by Gasteiger charge is 2.35. The zero-order chi connectivity index (χ0) is 18.1. The number of anilines is 1. The average Bonchev–Trinajstić information content (AvgIpc) is 3.46. The van der Waals surface area contributed by atoms with Gasteiger partial charge < -0.3 is 15.7 Å². The predicted octanol–water partition coefficient (Wildman–Crippen LogP) is 3.48. The Balaban J connectivity index is 1.59. The fraction of sp³-hybridized carbons (Fsp3) is 0.524. The Morgan fingerprint density at radius 2 is 2.08 bits per heavy atom. The molecule has 5 nitrogen and oxygen atoms in total. The maximum Gasteiger partial charge on any atom is 0.252 e. The van der Waals surface area contributed by atoms with Crippen LogP contribution in [0.15, 0.2) is 30.3 Å². The minimum Gasteiger partial charge on any atom is -0.392 e. The van der Waals surface area contributed by atoms with Crippen molar-refractivity contribution in [1.82, 2.24) is 10.3 Å². The molecule has 0 bridgehead atoms. The molecule has 3 N–H and O–H groups in total. The van der Waals surface area contributed by atoms with Crippen LogP contribution >= 0.6 is 0 Å². The summed E-state index contributed by atoms with van der Waals surface area (Å²) in [6, 6.07) is 9.92. The second kappa shape index (κ2) is 6.88. The number of aromatic nitrogens is 1. The molecular formula is C21H27N3O2. The number of pyridine rings is 1. The molecule has 1 heterocycles. The molecule has 0 saturated heterocycles. The summed E-state index contributed by atoms with van der Waals surface area (Å²) in [6.07, 6.45) is 5.95. The normalized spacial score (nSPS) is 25.8. The summed E-state index contributed by atoms with van der Waals surface area (Å²) < 4.78 is 0. The minimum atomic E-state index is -0.290. The number of hydrogen-bond donors (Lipinski definition) is 3. The van der Waals surface area contributed by atoms with Crippen LogP contribution in [-0.2, 0) is 0 Å². The molecule has 2 aliphatic carbocycles. The molecule has 1 aromatic carbocycles. The Labute approximate surface area is 154 Å². The standard InChI is InChI=1S/C21H27N3O2/c1-21(11-5-4-8-18(21)25)13-22-19-12-16(20(26)23-14-9-10-14)15-6-2-3-7-17(15)24-19/h2-3,6-7,12,14,18,25H,4-5,8-11,13H2,1H3,(H,22,24)(H,23,26). The average molecular weight is 353 g/mol. The lowest BCUT2D eigenvalue weighted by molar-refractivity contribution is 0.00958. The number of benzene rings is 1. The van der Waals surface area contributed by atoms with Gasteiger partial charge in [0.1, 0.15) is 5.82 Å². The van der Waals surface area contributed by atoms with E-state index in [1.165, 1.54) is 0 Å². The van der Waals surface area contributed by atoms with Gasteiger partial charge in [0.15, 0.2) is 0 Å². The monoisotopic (exact) mass is 353 g/mol. The summed E-state index contributed by atoms with van der Waals surface area (Å²) in [7, 11) is 0. The molecule has 5 heteroatoms. The van der Waals surface area contributed by atoms with E-state index in [9.17, 15) is 9.90 Å². The maximum atomic E-state index is 12.7. The Morgan fingerprint density at radius 1 is 1.27 bits per heavy atom. The molecule has 2 fully saturated rings. The first-order valence-corrected chi connectivity index (χ1v) is 9.68. The summed E-state index contributed by atoms with van der Waals surface area (Å²) in [5.74, 6) is 0.668. The zero-order valence-electron chi connectivity index (χ0n) is 15.3. The summed E-state index contributed by atoms with van der Waals surface area (Å²) in [5, 5.41) is 17.7. The highest BCUT2D eigenvalue weighted by molar-refractivity contribution is 6.07. The molecule has 4 rings (SSSR count). The van der Waals surface area contributed by atoms with Crippen LogP contribution in [0.5, 0.6) is 0 Å². The van der Waals surface area contributed by atoms with Gasteiger partial charge in [-0.05, 0) is 37.8 Å². The third-order valence-corrected chi connectivity index (χ3v) is 5.83. The molecule has 0 spiro atoms. The molecule has 0 radical (unpaired) electrons. The van der Waals surface area contributed by atoms with Crippen molar-refractivity contribution in [3.05, 3.63) is 35.9 Å². The van der Waals surface area contributed by atoms with E-state index in [1.807, 2.05) is 30.3 Å². The van der Waals surface area contributed by atoms with Gasteiger partial charge in [0, 0.05) is 23.4 Å². The third kappa shape index (κ3) is 3.54. The number of fused-ring (bicyclic) bond motifs is 1. The summed E-state index contributed by atoms with van der Waals surface area (Å²) in [6.45, 7) is 2.79. The first kappa shape index (κ1) is 17.3. The van der Waals surface area contributed by atoms with Gasteiger partial charge in [-0.15, -0.1) is 0 Å². The van der Waals surface area contributed by atoms with E-state index in [0.29, 0.717) is 24.0 Å². The number of amides is 1. The molecule has 138 valence electrons. The van der Waals surface area contributed by atoms with E-state index in [4.69, 9.17) is 0 Å². The quantitative estimate of drug-likeness (QED) is 0.769. The molecule has 26 heavy (non-hydrogen) atoms. The number of nitrogens with zero attached hydrogens (tertiary/aromatic N) is 1. The number of nitrogens with one attached hydrogen (secondary N) is 2. The van der Waals surface area contributed by atoms with Crippen molar-refractivity contribution in [1.29, 1.82) is 0 Å². The number of carbonyl (C=O) groups excluding carboxylic acids is 1. The molecule has 0 aliphatic heterocycles. The van der Waals surface area contributed by atoms with Gasteiger partial charge >= 0.3 is 0 Å². The van der Waals surface area contributed by atoms with Gasteiger partial charge in [0.2, 0.25) is 0 Å². The first-order chi connectivity index (χ1) is 12.5. The highest BCUT2D eigenvalue weighted by Crippen LogP contribution is 2.36. The number of hydrogen-bond acceptors (Lipinski definition) is 4.